The minimum Gasteiger partial charge on any atom is -0.486 e. The zero-order valence-electron chi connectivity index (χ0n) is 20.7. The second-order valence-electron chi connectivity index (χ2n) is 7.57. The van der Waals surface area contributed by atoms with Crippen LogP contribution < -0.4 is 15.4 Å². The van der Waals surface area contributed by atoms with E-state index in [1.54, 1.807) is 30.3 Å². The molecule has 35 heavy (non-hydrogen) atoms. The number of methoxy groups -OCH3 is 1. The molecule has 1 aliphatic heterocycles. The number of nitrogens with zero attached hydrogens (tertiary/aromatic N) is 2. The highest BCUT2D eigenvalue weighted by Crippen LogP contribution is 2.24. The first-order chi connectivity index (χ1) is 17.7. The summed E-state index contributed by atoms with van der Waals surface area (Å²) in [6.07, 6.45) is 1.15. The van der Waals surface area contributed by atoms with Crippen molar-refractivity contribution in [2.45, 2.75) is 19.5 Å². The molecule has 0 atom stereocenters. The summed E-state index contributed by atoms with van der Waals surface area (Å²) in [6, 6.07) is 12.1. The summed E-state index contributed by atoms with van der Waals surface area (Å²) < 4.78 is 26.6. The second kappa shape index (κ2) is 10.6. The minimum absolute atomic E-state index is 0.0265. The molecule has 178 valence electrons. The second-order valence-corrected chi connectivity index (χ2v) is 7.57. The van der Waals surface area contributed by atoms with Gasteiger partial charge in [0, 0.05) is 31.1 Å². The number of carbonyl (C=O) groups excluding carboxylic acids is 4. The zero-order valence-corrected chi connectivity index (χ0v) is 18.7. The number of benzene rings is 2. The number of hydrogen-bond acceptors (Lipinski definition) is 8. The lowest BCUT2D eigenvalue weighted by Gasteiger charge is -2.17. The Morgan fingerprint density at radius 1 is 1.00 bits per heavy atom. The monoisotopic (exact) mass is 476 g/mol. The summed E-state index contributed by atoms with van der Waals surface area (Å²) in [5.41, 5.74) is 1.47. The van der Waals surface area contributed by atoms with Crippen LogP contribution in [0.5, 0.6) is 5.75 Å². The van der Waals surface area contributed by atoms with Gasteiger partial charge in [-0.25, -0.2) is 14.8 Å². The molecule has 2 aromatic carbocycles. The van der Waals surface area contributed by atoms with Crippen LogP contribution in [0.25, 0.3) is 0 Å². The van der Waals surface area contributed by atoms with Crippen molar-refractivity contribution in [3.8, 4) is 5.75 Å². The Morgan fingerprint density at radius 3 is 2.40 bits per heavy atom. The van der Waals surface area contributed by atoms with Crippen LogP contribution in [0.15, 0.2) is 54.9 Å². The number of ketones is 1. The molecule has 0 aliphatic carbocycles. The molecule has 1 aromatic heterocycles. The summed E-state index contributed by atoms with van der Waals surface area (Å²) >= 11 is 0. The lowest BCUT2D eigenvalue weighted by molar-refractivity contribution is -0.121. The number of carbonyl (C=O) groups is 4. The summed E-state index contributed by atoms with van der Waals surface area (Å²) in [5.74, 6) is -1.53. The molecule has 0 unspecified atom stereocenters. The fourth-order valence-corrected chi connectivity index (χ4v) is 3.31. The Hall–Kier alpha value is -4.60. The topological polar surface area (TPSA) is 137 Å². The van der Waals surface area contributed by atoms with Crippen LogP contribution in [0, 0.1) is 0 Å². The average molecular weight is 476 g/mol. The third-order valence-corrected chi connectivity index (χ3v) is 5.12. The predicted octanol–water partition coefficient (Wildman–Crippen LogP) is 1.63. The molecule has 0 saturated carbocycles. The largest absolute Gasteiger partial charge is 0.486 e. The Labute approximate surface area is 203 Å². The van der Waals surface area contributed by atoms with Gasteiger partial charge in [-0.05, 0) is 35.4 Å². The van der Waals surface area contributed by atoms with Crippen molar-refractivity contribution in [1.29, 1.82) is 0 Å². The number of ether oxygens (including phenoxy) is 2. The molecule has 4 rings (SSSR count). The Morgan fingerprint density at radius 2 is 1.69 bits per heavy atom. The summed E-state index contributed by atoms with van der Waals surface area (Å²) in [7, 11) is 1.29. The number of nitrogens with one attached hydrogen (secondary N) is 2. The van der Waals surface area contributed by atoms with Gasteiger partial charge in [0.1, 0.15) is 30.1 Å². The van der Waals surface area contributed by atoms with Crippen molar-refractivity contribution in [2.75, 3.05) is 13.7 Å². The quantitative estimate of drug-likeness (QED) is 0.491. The molecule has 0 fully saturated rings. The highest BCUT2D eigenvalue weighted by Gasteiger charge is 2.18. The van der Waals surface area contributed by atoms with Crippen molar-refractivity contribution in [2.24, 2.45) is 0 Å². The van der Waals surface area contributed by atoms with E-state index in [-0.39, 0.29) is 42.3 Å². The number of fused-ring (bicyclic) bond motifs is 1. The number of aromatic nitrogens is 2. The van der Waals surface area contributed by atoms with Crippen LogP contribution >= 0.6 is 0 Å². The molecule has 3 aromatic rings. The highest BCUT2D eigenvalue weighted by atomic mass is 16.5. The molecule has 2 heterocycles. The predicted molar refractivity (Wildman–Crippen MR) is 123 cm³/mol. The summed E-state index contributed by atoms with van der Waals surface area (Å²) in [5, 5.41) is 4.92. The van der Waals surface area contributed by atoms with E-state index in [2.05, 4.69) is 25.3 Å². The van der Waals surface area contributed by atoms with Crippen LogP contribution in [0.2, 0.25) is 0 Å². The van der Waals surface area contributed by atoms with Crippen molar-refractivity contribution >= 4 is 23.6 Å². The van der Waals surface area contributed by atoms with Gasteiger partial charge in [0.05, 0.1) is 15.4 Å². The summed E-state index contributed by atoms with van der Waals surface area (Å²) in [6.45, 7) is -2.18. The van der Waals surface area contributed by atoms with Gasteiger partial charge < -0.3 is 20.1 Å². The first-order valence-corrected chi connectivity index (χ1v) is 10.5. The molecule has 1 aliphatic rings. The molecule has 0 spiro atoms. The first-order valence-electron chi connectivity index (χ1n) is 11.5. The Balaban J connectivity index is 1.41. The number of hydrogen-bond donors (Lipinski definition) is 2. The van der Waals surface area contributed by atoms with Gasteiger partial charge >= 0.3 is 5.97 Å². The molecule has 2 amide bonds. The van der Waals surface area contributed by atoms with E-state index in [0.717, 1.165) is 18.0 Å². The fraction of sp³-hybridized carbons (Fsp3) is 0.200. The molecular weight excluding hydrogens is 452 g/mol. The van der Waals surface area contributed by atoms with Crippen molar-refractivity contribution in [3.05, 3.63) is 88.5 Å². The van der Waals surface area contributed by atoms with E-state index >= 15 is 0 Å². The van der Waals surface area contributed by atoms with Crippen molar-refractivity contribution in [3.63, 3.8) is 0 Å². The maximum atomic E-state index is 12.8. The number of amides is 2. The number of Topliss-reactive ketones (excluding diaryl/α,β-unsaturated/α-hetero) is 1. The van der Waals surface area contributed by atoms with E-state index < -0.39 is 24.3 Å². The SMILES string of the molecule is [2H]C([2H])(NC(=O)c1cc(C(=O)NCc2ccc(C(=O)OC)cc2)ncn1)c1ccc2c(c1)CC(=O)CO2. The van der Waals surface area contributed by atoms with Gasteiger partial charge in [-0.3, -0.25) is 14.4 Å². The Bertz CT molecular complexity index is 1380. The van der Waals surface area contributed by atoms with Crippen LogP contribution in [-0.2, 0) is 29.0 Å². The van der Waals surface area contributed by atoms with E-state index in [1.807, 2.05) is 0 Å². The van der Waals surface area contributed by atoms with Gasteiger partial charge in [-0.2, -0.15) is 0 Å². The normalized spacial score (nSPS) is 13.5. The van der Waals surface area contributed by atoms with Crippen LogP contribution in [0.4, 0.5) is 0 Å². The standard InChI is InChI=1S/C25H22N4O6/c1-34-25(33)17-5-2-15(3-6-17)11-26-23(31)20-10-21(29-14-28-20)24(32)27-12-16-4-7-22-18(8-16)9-19(30)13-35-22/h2-8,10,14H,9,11-13H2,1H3,(H,26,31)(H,27,32)/i12D2. The molecule has 2 N–H and O–H groups in total. The Kier molecular flexibility index (Phi) is 6.32. The summed E-state index contributed by atoms with van der Waals surface area (Å²) in [4.78, 5) is 56.2. The molecule has 0 saturated heterocycles. The molecule has 0 radical (unpaired) electrons. The van der Waals surface area contributed by atoms with Crippen molar-refractivity contribution < 1.29 is 31.4 Å². The fourth-order valence-electron chi connectivity index (χ4n) is 3.31. The molecule has 0 bridgehead atoms. The first kappa shape index (κ1) is 21.0. The van der Waals surface area contributed by atoms with E-state index in [4.69, 9.17) is 7.48 Å². The lowest BCUT2D eigenvalue weighted by atomic mass is 10.0. The third-order valence-electron chi connectivity index (χ3n) is 5.12. The number of esters is 1. The van der Waals surface area contributed by atoms with Crippen molar-refractivity contribution in [1.82, 2.24) is 20.6 Å². The zero-order chi connectivity index (χ0) is 26.6. The van der Waals surface area contributed by atoms with E-state index in [1.165, 1.54) is 19.2 Å². The third kappa shape index (κ3) is 5.85. The minimum atomic E-state index is -2.30. The highest BCUT2D eigenvalue weighted by molar-refractivity contribution is 5.97. The van der Waals surface area contributed by atoms with E-state index in [9.17, 15) is 19.2 Å². The molecular formula is C25H22N4O6. The van der Waals surface area contributed by atoms with Crippen LogP contribution in [-0.4, -0.2) is 47.3 Å². The number of rotatable bonds is 7. The lowest BCUT2D eigenvalue weighted by Crippen LogP contribution is -2.27. The molecule has 10 nitrogen and oxygen atoms in total. The maximum absolute atomic E-state index is 12.8. The van der Waals surface area contributed by atoms with Gasteiger partial charge in [0.25, 0.3) is 11.8 Å². The van der Waals surface area contributed by atoms with Gasteiger partial charge in [0.2, 0.25) is 0 Å². The molecule has 10 heteroatoms. The van der Waals surface area contributed by atoms with Gasteiger partial charge in [0.15, 0.2) is 5.78 Å². The maximum Gasteiger partial charge on any atom is 0.337 e. The van der Waals surface area contributed by atoms with Gasteiger partial charge in [-0.15, -0.1) is 0 Å². The van der Waals surface area contributed by atoms with Crippen LogP contribution in [0.1, 0.15) is 50.8 Å². The van der Waals surface area contributed by atoms with Gasteiger partial charge in [-0.1, -0.05) is 18.2 Å². The smallest absolute Gasteiger partial charge is 0.337 e. The van der Waals surface area contributed by atoms with Crippen LogP contribution in [0.3, 0.4) is 0 Å². The van der Waals surface area contributed by atoms with E-state index in [0.29, 0.717) is 16.9 Å². The average Bonchev–Trinajstić information content (AvgIpc) is 2.90.